The van der Waals surface area contributed by atoms with Crippen molar-refractivity contribution in [3.05, 3.63) is 65.5 Å². The number of rotatable bonds is 4. The number of carbonyl (C=O) groups excluding carboxylic acids is 1. The van der Waals surface area contributed by atoms with Gasteiger partial charge in [-0.25, -0.2) is 4.39 Å². The fourth-order valence-corrected chi connectivity index (χ4v) is 2.00. The van der Waals surface area contributed by atoms with Crippen molar-refractivity contribution >= 4 is 11.6 Å². The predicted molar refractivity (Wildman–Crippen MR) is 77.8 cm³/mol. The van der Waals surface area contributed by atoms with E-state index in [1.807, 2.05) is 31.2 Å². The Balaban J connectivity index is 2.28. The van der Waals surface area contributed by atoms with Gasteiger partial charge in [-0.05, 0) is 42.3 Å². The van der Waals surface area contributed by atoms with Crippen LogP contribution in [0.3, 0.4) is 0 Å². The van der Waals surface area contributed by atoms with Crippen LogP contribution >= 0.6 is 0 Å². The predicted octanol–water partition coefficient (Wildman–Crippen LogP) is 2.63. The normalized spacial score (nSPS) is 10.3. The molecule has 3 nitrogen and oxygen atoms in total. The fourth-order valence-electron chi connectivity index (χ4n) is 2.00. The molecule has 0 aliphatic heterocycles. The first kappa shape index (κ1) is 14.2. The van der Waals surface area contributed by atoms with E-state index in [9.17, 15) is 9.18 Å². The molecule has 0 unspecified atom stereocenters. The second-order valence-electron chi connectivity index (χ2n) is 4.65. The summed E-state index contributed by atoms with van der Waals surface area (Å²) in [6, 6.07) is 13.8. The number of carbonyl (C=O) groups is 1. The molecule has 0 fully saturated rings. The molecule has 0 aliphatic carbocycles. The minimum atomic E-state index is -0.291. The number of amides is 1. The van der Waals surface area contributed by atoms with E-state index in [0.29, 0.717) is 6.54 Å². The lowest BCUT2D eigenvalue weighted by Crippen LogP contribution is -2.35. The zero-order valence-electron chi connectivity index (χ0n) is 11.3. The maximum Gasteiger partial charge on any atom is 0.241 e. The lowest BCUT2D eigenvalue weighted by atomic mass is 10.1. The van der Waals surface area contributed by atoms with Crippen LogP contribution in [0.1, 0.15) is 11.1 Å². The summed E-state index contributed by atoms with van der Waals surface area (Å²) < 4.78 is 12.9. The Morgan fingerprint density at radius 1 is 1.20 bits per heavy atom. The minimum Gasteiger partial charge on any atom is -0.322 e. The number of hydrogen-bond donors (Lipinski definition) is 1. The highest BCUT2D eigenvalue weighted by molar-refractivity contribution is 5.94. The van der Waals surface area contributed by atoms with E-state index in [1.54, 1.807) is 17.0 Å². The molecule has 2 aromatic carbocycles. The smallest absolute Gasteiger partial charge is 0.241 e. The Morgan fingerprint density at radius 2 is 1.90 bits per heavy atom. The molecule has 1 amide bonds. The van der Waals surface area contributed by atoms with Crippen LogP contribution in [0.25, 0.3) is 0 Å². The van der Waals surface area contributed by atoms with Crippen molar-refractivity contribution in [3.8, 4) is 0 Å². The summed E-state index contributed by atoms with van der Waals surface area (Å²) in [6.07, 6.45) is 0. The molecular formula is C16H17FN2O. The van der Waals surface area contributed by atoms with Gasteiger partial charge in [0.05, 0.1) is 13.1 Å². The van der Waals surface area contributed by atoms with Crippen LogP contribution in [0, 0.1) is 12.7 Å². The number of aryl methyl sites for hydroxylation is 1. The third kappa shape index (κ3) is 3.42. The number of halogens is 1. The van der Waals surface area contributed by atoms with Crippen LogP contribution in [-0.2, 0) is 11.3 Å². The van der Waals surface area contributed by atoms with Gasteiger partial charge in [-0.3, -0.25) is 4.79 Å². The molecule has 0 bridgehead atoms. The van der Waals surface area contributed by atoms with Crippen LogP contribution in [-0.4, -0.2) is 12.5 Å². The highest BCUT2D eigenvalue weighted by Crippen LogP contribution is 2.19. The maximum atomic E-state index is 12.9. The molecule has 0 radical (unpaired) electrons. The highest BCUT2D eigenvalue weighted by Gasteiger charge is 2.14. The van der Waals surface area contributed by atoms with E-state index in [-0.39, 0.29) is 18.3 Å². The zero-order valence-corrected chi connectivity index (χ0v) is 11.3. The van der Waals surface area contributed by atoms with E-state index >= 15 is 0 Å². The summed E-state index contributed by atoms with van der Waals surface area (Å²) in [6.45, 7) is 2.28. The molecule has 0 aliphatic rings. The lowest BCUT2D eigenvalue weighted by Gasteiger charge is -2.23. The van der Waals surface area contributed by atoms with Crippen molar-refractivity contribution in [2.24, 2.45) is 5.73 Å². The molecule has 0 heterocycles. The molecule has 2 rings (SSSR count). The van der Waals surface area contributed by atoms with Crippen molar-refractivity contribution in [1.29, 1.82) is 0 Å². The van der Waals surface area contributed by atoms with Gasteiger partial charge in [-0.2, -0.15) is 0 Å². The van der Waals surface area contributed by atoms with Crippen molar-refractivity contribution in [2.75, 3.05) is 11.4 Å². The van der Waals surface area contributed by atoms with Crippen LogP contribution < -0.4 is 10.6 Å². The van der Waals surface area contributed by atoms with Gasteiger partial charge in [0.2, 0.25) is 5.91 Å². The molecule has 0 spiro atoms. The molecule has 20 heavy (non-hydrogen) atoms. The second kappa shape index (κ2) is 6.30. The summed E-state index contributed by atoms with van der Waals surface area (Å²) in [5, 5.41) is 0. The summed E-state index contributed by atoms with van der Waals surface area (Å²) in [5.41, 5.74) is 8.19. The second-order valence-corrected chi connectivity index (χ2v) is 4.65. The zero-order chi connectivity index (χ0) is 14.5. The highest BCUT2D eigenvalue weighted by atomic mass is 19.1. The number of hydrogen-bond acceptors (Lipinski definition) is 2. The van der Waals surface area contributed by atoms with Gasteiger partial charge >= 0.3 is 0 Å². The number of nitrogens with zero attached hydrogens (tertiary/aromatic N) is 1. The number of nitrogens with two attached hydrogens (primary N) is 1. The summed E-state index contributed by atoms with van der Waals surface area (Å²) in [4.78, 5) is 13.6. The van der Waals surface area contributed by atoms with Crippen LogP contribution in [0.4, 0.5) is 10.1 Å². The first-order chi connectivity index (χ1) is 9.60. The van der Waals surface area contributed by atoms with Crippen LogP contribution in [0.15, 0.2) is 48.5 Å². The van der Waals surface area contributed by atoms with Gasteiger partial charge in [0.15, 0.2) is 0 Å². The first-order valence-electron chi connectivity index (χ1n) is 6.41. The molecule has 2 aromatic rings. The average molecular weight is 272 g/mol. The van der Waals surface area contributed by atoms with Gasteiger partial charge in [0.25, 0.3) is 0 Å². The third-order valence-corrected chi connectivity index (χ3v) is 3.04. The van der Waals surface area contributed by atoms with E-state index in [1.165, 1.54) is 12.1 Å². The van der Waals surface area contributed by atoms with Gasteiger partial charge in [-0.15, -0.1) is 0 Å². The largest absolute Gasteiger partial charge is 0.322 e. The molecule has 2 N–H and O–H groups in total. The average Bonchev–Trinajstić information content (AvgIpc) is 2.46. The summed E-state index contributed by atoms with van der Waals surface area (Å²) in [7, 11) is 0. The standard InChI is InChI=1S/C16H17FN2O/c1-12-3-2-4-15(9-12)19(16(20)10-18)11-13-5-7-14(17)8-6-13/h2-9H,10-11,18H2,1H3. The van der Waals surface area contributed by atoms with Crippen LogP contribution in [0.2, 0.25) is 0 Å². The maximum absolute atomic E-state index is 12.9. The molecule has 0 saturated carbocycles. The van der Waals surface area contributed by atoms with Gasteiger partial charge in [0, 0.05) is 5.69 Å². The quantitative estimate of drug-likeness (QED) is 0.930. The van der Waals surface area contributed by atoms with E-state index < -0.39 is 0 Å². The Kier molecular flexibility index (Phi) is 4.48. The Bertz CT molecular complexity index is 596. The Labute approximate surface area is 117 Å². The lowest BCUT2D eigenvalue weighted by molar-refractivity contribution is -0.117. The topological polar surface area (TPSA) is 46.3 Å². The molecule has 0 saturated heterocycles. The third-order valence-electron chi connectivity index (χ3n) is 3.04. The molecule has 0 atom stereocenters. The summed E-state index contributed by atoms with van der Waals surface area (Å²) >= 11 is 0. The molecule has 104 valence electrons. The van der Waals surface area contributed by atoms with Gasteiger partial charge in [-0.1, -0.05) is 24.3 Å². The van der Waals surface area contributed by atoms with E-state index in [4.69, 9.17) is 5.73 Å². The van der Waals surface area contributed by atoms with Crippen LogP contribution in [0.5, 0.6) is 0 Å². The molecule has 4 heteroatoms. The SMILES string of the molecule is Cc1cccc(N(Cc2ccc(F)cc2)C(=O)CN)c1. The Hall–Kier alpha value is -2.20. The first-order valence-corrected chi connectivity index (χ1v) is 6.41. The van der Waals surface area contributed by atoms with E-state index in [0.717, 1.165) is 16.8 Å². The van der Waals surface area contributed by atoms with Crippen molar-refractivity contribution in [2.45, 2.75) is 13.5 Å². The van der Waals surface area contributed by atoms with Crippen molar-refractivity contribution in [1.82, 2.24) is 0 Å². The molecule has 0 aromatic heterocycles. The molecular weight excluding hydrogens is 255 g/mol. The van der Waals surface area contributed by atoms with E-state index in [2.05, 4.69) is 0 Å². The number of benzene rings is 2. The summed E-state index contributed by atoms with van der Waals surface area (Å²) in [5.74, 6) is -0.457. The van der Waals surface area contributed by atoms with Crippen molar-refractivity contribution in [3.63, 3.8) is 0 Å². The monoisotopic (exact) mass is 272 g/mol. The van der Waals surface area contributed by atoms with Crippen molar-refractivity contribution < 1.29 is 9.18 Å². The Morgan fingerprint density at radius 3 is 2.50 bits per heavy atom. The fraction of sp³-hybridized carbons (Fsp3) is 0.188. The minimum absolute atomic E-state index is 0.0604. The number of anilines is 1. The van der Waals surface area contributed by atoms with Gasteiger partial charge in [0.1, 0.15) is 5.82 Å². The van der Waals surface area contributed by atoms with Gasteiger partial charge < -0.3 is 10.6 Å².